The molecule has 0 spiro atoms. The van der Waals surface area contributed by atoms with Gasteiger partial charge in [-0.2, -0.15) is 0 Å². The summed E-state index contributed by atoms with van der Waals surface area (Å²) in [4.78, 5) is 0. The normalized spacial score (nSPS) is 43.9. The minimum Gasteiger partial charge on any atom is -0.391 e. The molecule has 0 aromatic heterocycles. The summed E-state index contributed by atoms with van der Waals surface area (Å²) in [5, 5.41) is 37.2. The van der Waals surface area contributed by atoms with Gasteiger partial charge < -0.3 is 29.9 Å². The smallest absolute Gasteiger partial charge is 0.221 e. The maximum absolute atomic E-state index is 9.57. The van der Waals surface area contributed by atoms with Gasteiger partial charge in [0.25, 0.3) is 0 Å². The maximum Gasteiger partial charge on any atom is 0.221 e. The number of aliphatic hydroxyl groups is 4. The molecule has 0 aromatic carbocycles. The quantitative estimate of drug-likeness (QED) is 0.421. The van der Waals surface area contributed by atoms with Gasteiger partial charge in [0.05, 0.1) is 6.61 Å². The van der Waals surface area contributed by atoms with Gasteiger partial charge in [0.1, 0.15) is 24.9 Å². The second-order valence-electron chi connectivity index (χ2n) is 3.22. The van der Waals surface area contributed by atoms with E-state index in [2.05, 4.69) is 0 Å². The summed E-state index contributed by atoms with van der Waals surface area (Å²) >= 11 is 0. The van der Waals surface area contributed by atoms with Crippen LogP contribution in [0.4, 0.5) is 0 Å². The van der Waals surface area contributed by atoms with Crippen molar-refractivity contribution < 1.29 is 29.9 Å². The van der Waals surface area contributed by atoms with Gasteiger partial charge in [-0.1, -0.05) is 0 Å². The lowest BCUT2D eigenvalue weighted by Gasteiger charge is -2.43. The predicted molar refractivity (Wildman–Crippen MR) is 45.4 cm³/mol. The van der Waals surface area contributed by atoms with Gasteiger partial charge in [-0.25, -0.2) is 0 Å². The van der Waals surface area contributed by atoms with Crippen LogP contribution in [0.25, 0.3) is 0 Å². The van der Waals surface area contributed by atoms with Gasteiger partial charge in [-0.15, -0.1) is 0 Å². The third-order valence-electron chi connectivity index (χ3n) is 2.28. The average molecular weight is 208 g/mol. The summed E-state index contributed by atoms with van der Waals surface area (Å²) in [5.41, 5.74) is 0. The van der Waals surface area contributed by atoms with Crippen molar-refractivity contribution in [2.45, 2.75) is 31.0 Å². The second kappa shape index (κ2) is 4.52. The highest BCUT2D eigenvalue weighted by molar-refractivity contribution is 4.92. The molecule has 1 rings (SSSR count). The molecule has 4 unspecified atom stereocenters. The molecule has 1 aliphatic rings. The Kier molecular flexibility index (Phi) is 3.82. The Labute approximate surface area is 81.7 Å². The Hall–Kier alpha value is -0.240. The molecule has 4 atom stereocenters. The summed E-state index contributed by atoms with van der Waals surface area (Å²) in [6.45, 7) is 1.13. The molecule has 84 valence electrons. The van der Waals surface area contributed by atoms with Crippen LogP contribution in [0.15, 0.2) is 0 Å². The van der Waals surface area contributed by atoms with Crippen molar-refractivity contribution in [2.75, 3.05) is 19.8 Å². The topological polar surface area (TPSA) is 99.4 Å². The van der Waals surface area contributed by atoms with E-state index < -0.39 is 30.7 Å². The van der Waals surface area contributed by atoms with Gasteiger partial charge in [-0.05, 0) is 6.92 Å². The molecule has 4 N–H and O–H groups in total. The molecule has 6 heteroatoms. The average Bonchev–Trinajstić information content (AvgIpc) is 2.20. The Bertz CT molecular complexity index is 187. The van der Waals surface area contributed by atoms with Crippen molar-refractivity contribution in [1.29, 1.82) is 0 Å². The minimum atomic E-state index is -1.62. The third-order valence-corrected chi connectivity index (χ3v) is 2.28. The third kappa shape index (κ3) is 1.90. The molecule has 0 amide bonds. The van der Waals surface area contributed by atoms with Gasteiger partial charge in [0.15, 0.2) is 0 Å². The molecule has 0 aliphatic carbocycles. The minimum absolute atomic E-state index is 0.182. The van der Waals surface area contributed by atoms with Crippen LogP contribution in [-0.2, 0) is 9.47 Å². The van der Waals surface area contributed by atoms with Crippen molar-refractivity contribution in [3.05, 3.63) is 0 Å². The number of hydrogen-bond acceptors (Lipinski definition) is 6. The van der Waals surface area contributed by atoms with Gasteiger partial charge in [-0.3, -0.25) is 0 Å². The van der Waals surface area contributed by atoms with Crippen LogP contribution in [0.2, 0.25) is 0 Å². The first-order valence-electron chi connectivity index (χ1n) is 4.50. The van der Waals surface area contributed by atoms with E-state index in [1.54, 1.807) is 6.92 Å². The first-order valence-corrected chi connectivity index (χ1v) is 4.50. The van der Waals surface area contributed by atoms with Crippen molar-refractivity contribution in [2.24, 2.45) is 0 Å². The highest BCUT2D eigenvalue weighted by Gasteiger charge is 2.50. The molecule has 1 heterocycles. The summed E-state index contributed by atoms with van der Waals surface area (Å²) in [6.07, 6.45) is -4.00. The summed E-state index contributed by atoms with van der Waals surface area (Å²) in [6, 6.07) is 0. The predicted octanol–water partition coefficient (Wildman–Crippen LogP) is -2.18. The summed E-state index contributed by atoms with van der Waals surface area (Å²) < 4.78 is 10.1. The molecule has 1 saturated heterocycles. The zero-order chi connectivity index (χ0) is 10.8. The Morgan fingerprint density at radius 3 is 2.57 bits per heavy atom. The molecule has 1 fully saturated rings. The van der Waals surface area contributed by atoms with Crippen LogP contribution >= 0.6 is 0 Å². The lowest BCUT2D eigenvalue weighted by atomic mass is 9.97. The highest BCUT2D eigenvalue weighted by atomic mass is 16.7. The molecule has 0 bridgehead atoms. The zero-order valence-electron chi connectivity index (χ0n) is 7.96. The monoisotopic (exact) mass is 208 g/mol. The molecule has 0 saturated carbocycles. The van der Waals surface area contributed by atoms with Crippen molar-refractivity contribution in [3.63, 3.8) is 0 Å². The molecular weight excluding hydrogens is 192 g/mol. The van der Waals surface area contributed by atoms with Crippen LogP contribution in [0.5, 0.6) is 0 Å². The van der Waals surface area contributed by atoms with E-state index in [1.165, 1.54) is 0 Å². The fraction of sp³-hybridized carbons (Fsp3) is 1.00. The first kappa shape index (κ1) is 11.8. The standard InChI is InChI=1S/C8H16O6/c1-2-13-8(4-9)7(12)6(11)5(10)3-14-8/h5-7,9-12H,2-4H2,1H3. The SMILES string of the molecule is CCOC1(CO)OCC(O)C(O)C1O. The van der Waals surface area contributed by atoms with Crippen LogP contribution < -0.4 is 0 Å². The van der Waals surface area contributed by atoms with E-state index in [0.717, 1.165) is 0 Å². The molecule has 0 aromatic rings. The highest BCUT2D eigenvalue weighted by Crippen LogP contribution is 2.27. The Morgan fingerprint density at radius 2 is 2.07 bits per heavy atom. The molecule has 6 nitrogen and oxygen atoms in total. The van der Waals surface area contributed by atoms with E-state index in [-0.39, 0.29) is 13.2 Å². The molecule has 0 radical (unpaired) electrons. The fourth-order valence-electron chi connectivity index (χ4n) is 1.44. The summed E-state index contributed by atoms with van der Waals surface area (Å²) in [5.74, 6) is -1.62. The maximum atomic E-state index is 9.57. The zero-order valence-corrected chi connectivity index (χ0v) is 7.96. The van der Waals surface area contributed by atoms with E-state index >= 15 is 0 Å². The molecular formula is C8H16O6. The van der Waals surface area contributed by atoms with Gasteiger partial charge in [0, 0.05) is 6.61 Å². The van der Waals surface area contributed by atoms with E-state index in [0.29, 0.717) is 0 Å². The van der Waals surface area contributed by atoms with Crippen molar-refractivity contribution in [3.8, 4) is 0 Å². The van der Waals surface area contributed by atoms with Gasteiger partial charge in [0.2, 0.25) is 5.79 Å². The second-order valence-corrected chi connectivity index (χ2v) is 3.22. The van der Waals surface area contributed by atoms with Crippen LogP contribution in [0, 0.1) is 0 Å². The van der Waals surface area contributed by atoms with E-state index in [9.17, 15) is 15.3 Å². The van der Waals surface area contributed by atoms with Crippen LogP contribution in [0.3, 0.4) is 0 Å². The number of ether oxygens (including phenoxy) is 2. The first-order chi connectivity index (χ1) is 6.57. The fourth-order valence-corrected chi connectivity index (χ4v) is 1.44. The summed E-state index contributed by atoms with van der Waals surface area (Å²) in [7, 11) is 0. The van der Waals surface area contributed by atoms with Crippen molar-refractivity contribution in [1.82, 2.24) is 0 Å². The lowest BCUT2D eigenvalue weighted by Crippen LogP contribution is -2.63. The Balaban J connectivity index is 2.76. The van der Waals surface area contributed by atoms with Crippen molar-refractivity contribution >= 4 is 0 Å². The molecule has 1 aliphatic heterocycles. The van der Waals surface area contributed by atoms with Crippen LogP contribution in [-0.4, -0.2) is 64.3 Å². The lowest BCUT2D eigenvalue weighted by molar-refractivity contribution is -0.347. The van der Waals surface area contributed by atoms with E-state index in [1.807, 2.05) is 0 Å². The number of rotatable bonds is 3. The van der Waals surface area contributed by atoms with E-state index in [4.69, 9.17) is 14.6 Å². The molecule has 14 heavy (non-hydrogen) atoms. The number of aliphatic hydroxyl groups excluding tert-OH is 4. The van der Waals surface area contributed by atoms with Crippen LogP contribution in [0.1, 0.15) is 6.92 Å². The van der Waals surface area contributed by atoms with Gasteiger partial charge >= 0.3 is 0 Å². The Morgan fingerprint density at radius 1 is 1.43 bits per heavy atom. The number of hydrogen-bond donors (Lipinski definition) is 4. The largest absolute Gasteiger partial charge is 0.391 e.